The van der Waals surface area contributed by atoms with Crippen molar-refractivity contribution in [2.24, 2.45) is 5.73 Å². The summed E-state index contributed by atoms with van der Waals surface area (Å²) in [6.45, 7) is 3.02. The van der Waals surface area contributed by atoms with Gasteiger partial charge >= 0.3 is 114 Å². The molecule has 0 spiro atoms. The van der Waals surface area contributed by atoms with E-state index < -0.39 is 169 Å². The fourth-order valence-electron chi connectivity index (χ4n) is 3.79. The molecule has 0 bridgehead atoms. The number of ether oxygens (including phenoxy) is 1. The van der Waals surface area contributed by atoms with Crippen LogP contribution in [-0.4, -0.2) is 280 Å². The maximum absolute atomic E-state index is 10.6. The Morgan fingerprint density at radius 2 is 0.722 bits per heavy atom. The predicted octanol–water partition coefficient (Wildman–Crippen LogP) is -4.04. The molecule has 1 aromatic carbocycles. The first-order valence-corrected chi connectivity index (χ1v) is 50.8. The minimum absolute atomic E-state index is 0.0312. The van der Waals surface area contributed by atoms with Crippen LogP contribution in [0.25, 0.3) is 0 Å². The van der Waals surface area contributed by atoms with Gasteiger partial charge in [0.25, 0.3) is 11.6 Å². The van der Waals surface area contributed by atoms with E-state index in [1.54, 1.807) is 29.7 Å². The second-order valence-corrected chi connectivity index (χ2v) is 44.4. The van der Waals surface area contributed by atoms with E-state index in [4.69, 9.17) is 163 Å². The quantitative estimate of drug-likeness (QED) is 0.0157. The molecular weight excluding hydrogens is 1650 g/mol. The van der Waals surface area contributed by atoms with Crippen LogP contribution in [0.15, 0.2) is 30.3 Å². The van der Waals surface area contributed by atoms with Gasteiger partial charge in [0.05, 0.1) is 37.0 Å². The standard InChI is InChI=1S/C7H9O3P.C4H11O3P.C3H12NO9P3.C3H11NO6P2.C3H7O5P.C2H8NO4P.C2H8NO3P.C2H8O7P2.C2H8O6P2.CH5O3P/c8-11(9,10)6-7-4-2-1-3-5-7;1-2-3-4-8(5,6)7;5-14(6,7)1-4(2-15(8,9)10)3-16(11,12)13;1-4(2-11(5,6)7)3-12(8,9)10;4-3-8-1-2-9(5,6)7;4-3-1-2-8(5,6)7;3-1-2-7(4,5)6;1-2(3,10(4,5)6)11(7,8)9;3-9(4,5)1-2-10(6,7)8;1-5(2,3)4/h1-5H,6H2,(H2,8,9,10);2-4H2,1H3,(H2,5,6,7);1-3H2,(H2,5,6,7)(H2,8,9,10)(H2,11,12,13);2-3H2,1H3,(H2,5,6,7)(H2,8,9,10);3H,1-2H2,(H2,5,6,7);3-4H,1-2H2,(H2,5,6,7);1-3H2,(H2,4,5,6);3H,1H3,(H2,4,5,6)(H2,7,8,9);1-2H2,(H2,3,4,5)(H2,6,7,8);1H3,(H2,2,3,4). The molecule has 0 saturated heterocycles. The van der Waals surface area contributed by atoms with Gasteiger partial charge in [-0.1, -0.05) is 43.7 Å². The number of carbonyl (C=O) groups excluding carboxylic acids is 1. The van der Waals surface area contributed by atoms with Crippen molar-refractivity contribution in [3.8, 4) is 0 Å². The van der Waals surface area contributed by atoms with Gasteiger partial charge in [-0.25, -0.2) is 5.48 Å². The van der Waals surface area contributed by atoms with Crippen molar-refractivity contribution in [1.29, 1.82) is 0 Å². The molecule has 0 saturated carbocycles. The molecule has 0 aliphatic heterocycles. The number of hydrogen-bond donors (Lipinski definition) is 34. The Hall–Kier alpha value is 0.700. The molecule has 0 unspecified atom stereocenters. The highest BCUT2D eigenvalue weighted by atomic mass is 31.2. The minimum Gasteiger partial charge on any atom is -0.467 e. The van der Waals surface area contributed by atoms with E-state index in [2.05, 4.69) is 4.74 Å². The number of benzene rings is 1. The molecule has 53 nitrogen and oxygen atoms in total. The zero-order valence-electron chi connectivity index (χ0n) is 50.4. The van der Waals surface area contributed by atoms with Crippen LogP contribution < -0.4 is 11.2 Å². The third-order valence-electron chi connectivity index (χ3n) is 7.33. The molecule has 592 valence electrons. The molecule has 68 heteroatoms. The number of nitrogens with one attached hydrogen (secondary N) is 1. The first-order valence-electron chi connectivity index (χ1n) is 23.9. The summed E-state index contributed by atoms with van der Waals surface area (Å²) < 4.78 is 157. The monoisotopic (exact) mass is 1740 g/mol. The normalized spacial score (nSPS) is 12.9. The summed E-state index contributed by atoms with van der Waals surface area (Å²) in [5, 5.41) is 13.2. The average Bonchev–Trinajstić information content (AvgIpc) is 0.794. The van der Waals surface area contributed by atoms with Crippen LogP contribution in [-0.2, 0) is 84.2 Å². The number of rotatable bonds is 29. The van der Waals surface area contributed by atoms with Gasteiger partial charge in [-0.05, 0) is 26.0 Å². The van der Waals surface area contributed by atoms with Crippen molar-refractivity contribution in [1.82, 2.24) is 15.3 Å². The molecule has 97 heavy (non-hydrogen) atoms. The van der Waals surface area contributed by atoms with E-state index in [0.29, 0.717) is 23.8 Å². The molecular formula is C29H87N4O49P15. The van der Waals surface area contributed by atoms with Crippen LogP contribution in [0, 0.1) is 0 Å². The summed E-state index contributed by atoms with van der Waals surface area (Å²) in [5.41, 5.74) is 7.12. The van der Waals surface area contributed by atoms with Crippen LogP contribution in [0.2, 0.25) is 0 Å². The molecule has 0 aromatic heterocycles. The second-order valence-electron chi connectivity index (χ2n) is 18.1. The first-order chi connectivity index (χ1) is 41.9. The summed E-state index contributed by atoms with van der Waals surface area (Å²) in [4.78, 5) is 259. The zero-order chi connectivity index (χ0) is 80.4. The van der Waals surface area contributed by atoms with Crippen molar-refractivity contribution in [2.75, 3.05) is 102 Å². The summed E-state index contributed by atoms with van der Waals surface area (Å²) in [6, 6.07) is 8.71. The SMILES string of the molecule is CC(O)(P(=O)(O)O)P(=O)(O)O.CCCCP(=O)(O)O.CN(CP(=O)(O)O)CP(=O)(O)O.CP(=O)(O)O.NCCP(=O)(O)O.O=COCCP(=O)(O)O.O=P(O)(O)CCNO.O=P(O)(O)CCP(=O)(O)O.O=P(O)(O)CN(CP(=O)(O)O)CP(=O)(O)O.O=P(O)(O)Cc1ccccc1. The molecule has 0 aliphatic carbocycles. The van der Waals surface area contributed by atoms with Crippen molar-refractivity contribution >= 4 is 120 Å². The summed E-state index contributed by atoms with van der Waals surface area (Å²) in [6.07, 6.45) is -5.89. The Bertz CT molecular complexity index is 2890. The number of nitrogens with zero attached hydrogens (tertiary/aromatic N) is 2. The molecule has 1 aromatic rings. The van der Waals surface area contributed by atoms with Gasteiger partial charge in [0.2, 0.25) is 0 Å². The van der Waals surface area contributed by atoms with E-state index in [1.807, 2.05) is 13.0 Å². The van der Waals surface area contributed by atoms with Crippen LogP contribution in [0.5, 0.6) is 0 Å². The van der Waals surface area contributed by atoms with Crippen molar-refractivity contribution < 1.29 is 235 Å². The third-order valence-corrected chi connectivity index (χ3v) is 21.2. The third kappa shape index (κ3) is 124. The van der Waals surface area contributed by atoms with Crippen LogP contribution in [0.3, 0.4) is 0 Å². The minimum atomic E-state index is -5.20. The van der Waals surface area contributed by atoms with E-state index >= 15 is 0 Å². The number of unbranched alkanes of at least 4 members (excludes halogenated alkanes) is 1. The number of nitrogens with two attached hydrogens (primary N) is 1. The second kappa shape index (κ2) is 51.8. The highest BCUT2D eigenvalue weighted by Crippen LogP contribution is 2.67. The maximum atomic E-state index is 10.6. The van der Waals surface area contributed by atoms with Crippen LogP contribution in [0.1, 0.15) is 32.3 Å². The summed E-state index contributed by atoms with van der Waals surface area (Å²) >= 11 is 0. The fourth-order valence-corrected chi connectivity index (χ4v) is 14.0. The molecule has 0 fully saturated rings. The predicted molar refractivity (Wildman–Crippen MR) is 336 cm³/mol. The van der Waals surface area contributed by atoms with Gasteiger partial charge in [-0.2, -0.15) is 0 Å². The number of aliphatic hydroxyl groups is 1. The molecule has 0 heterocycles. The topological polar surface area (TPSA) is 974 Å². The highest BCUT2D eigenvalue weighted by molar-refractivity contribution is 7.72. The average molecular weight is 1740 g/mol. The Balaban J connectivity index is -0.000000128. The Labute approximate surface area is 550 Å². The lowest BCUT2D eigenvalue weighted by Crippen LogP contribution is -2.27. The van der Waals surface area contributed by atoms with E-state index in [-0.39, 0.29) is 50.8 Å². The number of carbonyl (C=O) groups is 1. The first kappa shape index (κ1) is 116. The highest BCUT2D eigenvalue weighted by Gasteiger charge is 2.55. The van der Waals surface area contributed by atoms with Gasteiger partial charge in [-0.3, -0.25) is 83.1 Å². The Kier molecular flexibility index (Phi) is 62.1. The van der Waals surface area contributed by atoms with E-state index in [0.717, 1.165) is 18.0 Å². The zero-order valence-corrected chi connectivity index (χ0v) is 63.8. The van der Waals surface area contributed by atoms with Crippen LogP contribution >= 0.6 is 114 Å². The lowest BCUT2D eigenvalue weighted by molar-refractivity contribution is -0.128. The molecule has 0 atom stereocenters. The van der Waals surface area contributed by atoms with E-state index in [1.165, 1.54) is 7.05 Å². The van der Waals surface area contributed by atoms with Gasteiger partial charge in [-0.15, -0.1) is 0 Å². The molecule has 0 radical (unpaired) electrons. The van der Waals surface area contributed by atoms with Gasteiger partial charge in [0.15, 0.2) is 0 Å². The molecule has 0 aliphatic rings. The molecule has 0 amide bonds. The van der Waals surface area contributed by atoms with Crippen LogP contribution in [0.4, 0.5) is 0 Å². The van der Waals surface area contributed by atoms with Crippen molar-refractivity contribution in [3.63, 3.8) is 0 Å². The smallest absolute Gasteiger partial charge is 0.369 e. The van der Waals surface area contributed by atoms with Gasteiger partial charge in [0, 0.05) is 25.9 Å². The number of hydroxylamine groups is 1. The lowest BCUT2D eigenvalue weighted by atomic mass is 10.2. The summed E-state index contributed by atoms with van der Waals surface area (Å²) in [5.74, 6) is 0. The Morgan fingerprint density at radius 1 is 0.443 bits per heavy atom. The molecule has 1 rings (SSSR count). The fraction of sp³-hybridized carbons (Fsp3) is 0.759. The van der Waals surface area contributed by atoms with Gasteiger partial charge in [0.1, 0.15) is 38.0 Å². The van der Waals surface area contributed by atoms with E-state index in [9.17, 15) is 73.3 Å². The van der Waals surface area contributed by atoms with Gasteiger partial charge < -0.3 is 168 Å². The largest absolute Gasteiger partial charge is 0.467 e. The van der Waals surface area contributed by atoms with Crippen molar-refractivity contribution in [3.05, 3.63) is 35.9 Å². The van der Waals surface area contributed by atoms with Crippen molar-refractivity contribution in [2.45, 2.75) is 37.9 Å². The Morgan fingerprint density at radius 3 is 0.876 bits per heavy atom. The number of hydrogen-bond acceptors (Lipinski definition) is 23. The maximum Gasteiger partial charge on any atom is 0.369 e. The lowest BCUT2D eigenvalue weighted by Gasteiger charge is -2.24. The summed E-state index contributed by atoms with van der Waals surface area (Å²) in [7, 11) is -63.0. The molecule has 35 N–H and O–H groups in total.